The van der Waals surface area contributed by atoms with Crippen molar-refractivity contribution in [3.8, 4) is 5.75 Å². The Kier molecular flexibility index (Phi) is 4.17. The van der Waals surface area contributed by atoms with E-state index >= 15 is 0 Å². The van der Waals surface area contributed by atoms with Gasteiger partial charge < -0.3 is 10.1 Å². The molecule has 1 amide bonds. The molecule has 0 atom stereocenters. The molecule has 1 heterocycles. The fourth-order valence-corrected chi connectivity index (χ4v) is 1.58. The Bertz CT molecular complexity index is 746. The largest absolute Gasteiger partial charge is 0.491 e. The molecular weight excluding hydrogens is 276 g/mol. The number of aromatic nitrogens is 3. The number of nitrogens with one attached hydrogen (secondary N) is 3. The number of carbonyl (C=O) groups is 1. The quantitative estimate of drug-likeness (QED) is 0.758. The van der Waals surface area contributed by atoms with Gasteiger partial charge >= 0.3 is 5.69 Å². The Balaban J connectivity index is 2.12. The number of ether oxygens (including phenoxy) is 1. The fraction of sp³-hybridized carbons (Fsp3) is 0.231. The summed E-state index contributed by atoms with van der Waals surface area (Å²) in [5, 5.41) is 7.91. The second kappa shape index (κ2) is 6.04. The predicted octanol–water partition coefficient (Wildman–Crippen LogP) is 0.498. The molecule has 0 spiro atoms. The van der Waals surface area contributed by atoms with Gasteiger partial charge in [0.1, 0.15) is 5.75 Å². The van der Waals surface area contributed by atoms with E-state index < -0.39 is 22.9 Å². The van der Waals surface area contributed by atoms with E-state index in [4.69, 9.17) is 4.74 Å². The van der Waals surface area contributed by atoms with E-state index in [0.717, 1.165) is 0 Å². The maximum absolute atomic E-state index is 11.9. The molecule has 110 valence electrons. The molecule has 0 saturated heterocycles. The van der Waals surface area contributed by atoms with Crippen molar-refractivity contribution >= 4 is 11.6 Å². The number of anilines is 1. The highest BCUT2D eigenvalue weighted by Gasteiger charge is 2.13. The SMILES string of the molecule is CC(C)Oc1ccc(NC(=O)c2n[nH]c(=O)[nH]c2=O)cc1. The Morgan fingerprint density at radius 3 is 2.48 bits per heavy atom. The lowest BCUT2D eigenvalue weighted by atomic mass is 10.3. The Morgan fingerprint density at radius 2 is 1.90 bits per heavy atom. The Labute approximate surface area is 119 Å². The number of hydrogen-bond acceptors (Lipinski definition) is 5. The monoisotopic (exact) mass is 290 g/mol. The van der Waals surface area contributed by atoms with Gasteiger partial charge in [-0.2, -0.15) is 5.10 Å². The fourth-order valence-electron chi connectivity index (χ4n) is 1.58. The zero-order valence-corrected chi connectivity index (χ0v) is 11.5. The van der Waals surface area contributed by atoms with E-state index in [2.05, 4.69) is 10.4 Å². The van der Waals surface area contributed by atoms with Gasteiger partial charge in [-0.05, 0) is 38.1 Å². The highest BCUT2D eigenvalue weighted by Crippen LogP contribution is 2.17. The number of rotatable bonds is 4. The lowest BCUT2D eigenvalue weighted by Gasteiger charge is -2.10. The molecule has 1 aromatic heterocycles. The van der Waals surface area contributed by atoms with Crippen LogP contribution < -0.4 is 21.3 Å². The molecule has 3 N–H and O–H groups in total. The lowest BCUT2D eigenvalue weighted by molar-refractivity contribution is 0.101. The summed E-state index contributed by atoms with van der Waals surface area (Å²) in [4.78, 5) is 36.0. The van der Waals surface area contributed by atoms with Crippen LogP contribution in [0.15, 0.2) is 33.9 Å². The summed E-state index contributed by atoms with van der Waals surface area (Å²) in [5.74, 6) is -0.0481. The van der Waals surface area contributed by atoms with Crippen molar-refractivity contribution in [3.63, 3.8) is 0 Å². The first kappa shape index (κ1) is 14.5. The van der Waals surface area contributed by atoms with E-state index in [-0.39, 0.29) is 6.10 Å². The minimum atomic E-state index is -0.851. The normalized spacial score (nSPS) is 10.4. The molecule has 0 fully saturated rings. The molecule has 8 nitrogen and oxygen atoms in total. The molecule has 21 heavy (non-hydrogen) atoms. The van der Waals surface area contributed by atoms with Crippen LogP contribution in [0.3, 0.4) is 0 Å². The molecule has 8 heteroatoms. The van der Waals surface area contributed by atoms with E-state index in [1.54, 1.807) is 24.3 Å². The summed E-state index contributed by atoms with van der Waals surface area (Å²) >= 11 is 0. The number of nitrogens with zero attached hydrogens (tertiary/aromatic N) is 1. The average Bonchev–Trinajstić information content (AvgIpc) is 2.40. The van der Waals surface area contributed by atoms with Crippen molar-refractivity contribution in [1.82, 2.24) is 15.2 Å². The summed E-state index contributed by atoms with van der Waals surface area (Å²) in [5.41, 5.74) is -1.57. The molecule has 1 aromatic carbocycles. The third-order valence-corrected chi connectivity index (χ3v) is 2.41. The molecular formula is C13H14N4O4. The van der Waals surface area contributed by atoms with E-state index in [1.165, 1.54) is 0 Å². The van der Waals surface area contributed by atoms with Gasteiger partial charge in [0.2, 0.25) is 5.69 Å². The topological polar surface area (TPSA) is 117 Å². The van der Waals surface area contributed by atoms with Crippen LogP contribution in [-0.4, -0.2) is 27.2 Å². The predicted molar refractivity (Wildman–Crippen MR) is 75.6 cm³/mol. The molecule has 0 saturated carbocycles. The first-order chi connectivity index (χ1) is 9.95. The Morgan fingerprint density at radius 1 is 1.24 bits per heavy atom. The van der Waals surface area contributed by atoms with Crippen LogP contribution in [0.5, 0.6) is 5.75 Å². The zero-order chi connectivity index (χ0) is 15.4. The second-order valence-electron chi connectivity index (χ2n) is 4.50. The molecule has 2 rings (SSSR count). The van der Waals surface area contributed by atoms with E-state index in [0.29, 0.717) is 11.4 Å². The molecule has 0 bridgehead atoms. The molecule has 0 aliphatic heterocycles. The smallest absolute Gasteiger partial charge is 0.342 e. The van der Waals surface area contributed by atoms with Gasteiger partial charge in [0, 0.05) is 5.69 Å². The highest BCUT2D eigenvalue weighted by atomic mass is 16.5. The minimum absolute atomic E-state index is 0.0503. The maximum atomic E-state index is 11.9. The van der Waals surface area contributed by atoms with Gasteiger partial charge in [-0.3, -0.25) is 14.6 Å². The van der Waals surface area contributed by atoms with Crippen molar-refractivity contribution in [1.29, 1.82) is 0 Å². The first-order valence-electron chi connectivity index (χ1n) is 6.23. The number of aromatic amines is 2. The van der Waals surface area contributed by atoms with Crippen molar-refractivity contribution in [2.24, 2.45) is 0 Å². The van der Waals surface area contributed by atoms with Gasteiger partial charge in [-0.1, -0.05) is 0 Å². The Hall–Kier alpha value is -2.90. The maximum Gasteiger partial charge on any atom is 0.342 e. The van der Waals surface area contributed by atoms with Crippen LogP contribution in [0, 0.1) is 0 Å². The summed E-state index contributed by atoms with van der Waals surface area (Å²) in [6, 6.07) is 6.66. The molecule has 2 aromatic rings. The number of hydrogen-bond donors (Lipinski definition) is 3. The van der Waals surface area contributed by atoms with Gasteiger partial charge in [-0.15, -0.1) is 0 Å². The van der Waals surface area contributed by atoms with Crippen LogP contribution in [0.25, 0.3) is 0 Å². The van der Waals surface area contributed by atoms with E-state index in [9.17, 15) is 14.4 Å². The summed E-state index contributed by atoms with van der Waals surface area (Å²) in [7, 11) is 0. The van der Waals surface area contributed by atoms with Gasteiger partial charge in [0.25, 0.3) is 11.5 Å². The van der Waals surface area contributed by atoms with Gasteiger partial charge in [0.05, 0.1) is 6.10 Å². The summed E-state index contributed by atoms with van der Waals surface area (Å²) < 4.78 is 5.47. The van der Waals surface area contributed by atoms with Crippen molar-refractivity contribution in [2.75, 3.05) is 5.32 Å². The second-order valence-corrected chi connectivity index (χ2v) is 4.50. The van der Waals surface area contributed by atoms with Crippen molar-refractivity contribution < 1.29 is 9.53 Å². The van der Waals surface area contributed by atoms with Gasteiger partial charge in [-0.25, -0.2) is 9.89 Å². The molecule has 0 aliphatic rings. The highest BCUT2D eigenvalue weighted by molar-refractivity contribution is 6.02. The van der Waals surface area contributed by atoms with Crippen LogP contribution in [-0.2, 0) is 0 Å². The minimum Gasteiger partial charge on any atom is -0.491 e. The molecule has 0 aliphatic carbocycles. The van der Waals surface area contributed by atoms with E-state index in [1.807, 2.05) is 23.9 Å². The number of amides is 1. The van der Waals surface area contributed by atoms with Crippen LogP contribution in [0.4, 0.5) is 5.69 Å². The average molecular weight is 290 g/mol. The van der Waals surface area contributed by atoms with Crippen LogP contribution in [0.2, 0.25) is 0 Å². The summed E-state index contributed by atoms with van der Waals surface area (Å²) in [6.07, 6.45) is 0.0503. The lowest BCUT2D eigenvalue weighted by Crippen LogP contribution is -2.32. The number of H-pyrrole nitrogens is 2. The van der Waals surface area contributed by atoms with Crippen LogP contribution >= 0.6 is 0 Å². The summed E-state index contributed by atoms with van der Waals surface area (Å²) in [6.45, 7) is 3.81. The van der Waals surface area contributed by atoms with Crippen LogP contribution in [0.1, 0.15) is 24.3 Å². The zero-order valence-electron chi connectivity index (χ0n) is 11.5. The van der Waals surface area contributed by atoms with Gasteiger partial charge in [0.15, 0.2) is 0 Å². The number of benzene rings is 1. The number of carbonyl (C=O) groups excluding carboxylic acids is 1. The van der Waals surface area contributed by atoms with Crippen molar-refractivity contribution in [3.05, 3.63) is 50.8 Å². The third-order valence-electron chi connectivity index (χ3n) is 2.41. The van der Waals surface area contributed by atoms with Crippen molar-refractivity contribution in [2.45, 2.75) is 20.0 Å². The third kappa shape index (κ3) is 3.78. The molecule has 0 unspecified atom stereocenters. The standard InChI is InChI=1S/C13H14N4O4/c1-7(2)21-9-5-3-8(4-6-9)14-11(18)10-12(19)15-13(20)17-16-10/h3-7H,1-2H3,(H,14,18)(H2,15,17,19,20). The molecule has 0 radical (unpaired) electrons. The first-order valence-corrected chi connectivity index (χ1v) is 6.23.